The Labute approximate surface area is 77.8 Å². The van der Waals surface area contributed by atoms with Crippen LogP contribution in [0.1, 0.15) is 0 Å². The molecule has 1 rings (SSSR count). The van der Waals surface area contributed by atoms with Crippen LogP contribution in [0.3, 0.4) is 0 Å². The van der Waals surface area contributed by atoms with Crippen LogP contribution in [0.15, 0.2) is 35.7 Å². The van der Waals surface area contributed by atoms with Gasteiger partial charge in [-0.05, 0) is 0 Å². The number of nitrogens with zero attached hydrogens (tertiary/aromatic N) is 1. The predicted molar refractivity (Wildman–Crippen MR) is 42.0 cm³/mol. The van der Waals surface area contributed by atoms with E-state index >= 15 is 0 Å². The van der Waals surface area contributed by atoms with E-state index in [0.29, 0.717) is 0 Å². The number of rotatable bonds is 1. The van der Waals surface area contributed by atoms with E-state index in [1.807, 2.05) is 30.3 Å². The number of hydrogen-bond donors (Lipinski definition) is 0. The van der Waals surface area contributed by atoms with Gasteiger partial charge in [0.15, 0.2) is 0 Å². The van der Waals surface area contributed by atoms with Gasteiger partial charge in [0.05, 0.1) is 0 Å². The molecular formula is C6H5NO3Sn-. The molecule has 0 heterocycles. The van der Waals surface area contributed by atoms with Gasteiger partial charge in [-0.15, -0.1) is 5.34 Å². The molecule has 4 nitrogen and oxygen atoms in total. The molecule has 0 aliphatic heterocycles. The summed E-state index contributed by atoms with van der Waals surface area (Å²) in [5.74, 6) is 0.950. The zero-order valence-corrected chi connectivity index (χ0v) is 8.41. The van der Waals surface area contributed by atoms with E-state index in [1.165, 1.54) is 0 Å². The van der Waals surface area contributed by atoms with Gasteiger partial charge in [0.1, 0.15) is 0 Å². The topological polar surface area (TPSA) is 61.7 Å². The molecule has 11 heavy (non-hydrogen) atoms. The van der Waals surface area contributed by atoms with Crippen molar-refractivity contribution in [1.82, 2.24) is 0 Å². The average Bonchev–Trinajstić information content (AvgIpc) is 2.08. The molecule has 0 saturated carbocycles. The molecule has 0 amide bonds. The minimum absolute atomic E-state index is 0.950. The van der Waals surface area contributed by atoms with Crippen molar-refractivity contribution < 1.29 is 3.07 Å². The molecule has 0 N–H and O–H groups in total. The van der Waals surface area contributed by atoms with Crippen LogP contribution >= 0.6 is 0 Å². The van der Waals surface area contributed by atoms with Gasteiger partial charge in [0.2, 0.25) is 0 Å². The number of benzene rings is 1. The molecule has 1 aromatic carbocycles. The first kappa shape index (κ1) is 10.2. The monoisotopic (exact) mass is 259 g/mol. The molecular weight excluding hydrogens is 253 g/mol. The van der Waals surface area contributed by atoms with Gasteiger partial charge in [-0.2, -0.15) is 0 Å². The second kappa shape index (κ2) is 7.33. The van der Waals surface area contributed by atoms with Crippen LogP contribution in [0.25, 0.3) is 0 Å². The first-order valence-electron chi connectivity index (χ1n) is 2.68. The number of para-hydroxylation sites is 1. The summed E-state index contributed by atoms with van der Waals surface area (Å²) < 4.78 is 5.00. The molecule has 3 radical (unpaired) electrons. The summed E-state index contributed by atoms with van der Waals surface area (Å²) in [6, 6.07) is 9.76. The molecule has 1 aromatic rings. The Hall–Kier alpha value is -0.781. The number of hydrogen-bond acceptors (Lipinski definition) is 4. The predicted octanol–water partition coefficient (Wildman–Crippen LogP) is 1.40. The third kappa shape index (κ3) is 5.65. The van der Waals surface area contributed by atoms with Crippen LogP contribution in [0, 0.1) is 10.1 Å². The van der Waals surface area contributed by atoms with E-state index < -0.39 is 0 Å². The molecule has 5 heteroatoms. The van der Waals surface area contributed by atoms with Crippen LogP contribution in [-0.4, -0.2) is 22.9 Å². The Kier molecular flexibility index (Phi) is 6.81. The Balaban J connectivity index is 0.000000292. The fourth-order valence-electron chi connectivity index (χ4n) is 0.489. The van der Waals surface area contributed by atoms with E-state index in [2.05, 4.69) is 0 Å². The molecule has 0 bridgehead atoms. The van der Waals surface area contributed by atoms with Crippen molar-refractivity contribution in [3.63, 3.8) is 0 Å². The second-order valence-corrected chi connectivity index (χ2v) is 2.07. The van der Waals surface area contributed by atoms with Crippen molar-refractivity contribution in [3.8, 4) is 5.75 Å². The summed E-state index contributed by atoms with van der Waals surface area (Å²) in [7, 11) is 0. The average molecular weight is 258 g/mol. The van der Waals surface area contributed by atoms with Gasteiger partial charge in [-0.1, -0.05) is 0 Å². The zero-order chi connectivity index (χ0) is 8.53. The van der Waals surface area contributed by atoms with Crippen LogP contribution < -0.4 is 3.07 Å². The molecule has 0 saturated heterocycles. The SMILES string of the molecule is O=N[O-].[Sn][O]c1ccccc1. The summed E-state index contributed by atoms with van der Waals surface area (Å²) in [6.45, 7) is 0. The Morgan fingerprint density at radius 3 is 2.09 bits per heavy atom. The molecule has 57 valence electrons. The summed E-state index contributed by atoms with van der Waals surface area (Å²) in [4.78, 5) is 8.00. The van der Waals surface area contributed by atoms with E-state index in [0.717, 1.165) is 34.0 Å². The van der Waals surface area contributed by atoms with Crippen molar-refractivity contribution in [2.75, 3.05) is 0 Å². The quantitative estimate of drug-likeness (QED) is 0.434. The Morgan fingerprint density at radius 2 is 1.82 bits per heavy atom. The van der Waals surface area contributed by atoms with E-state index in [9.17, 15) is 0 Å². The standard InChI is InChI=1S/C6H6O.HNO2.Sn/c7-6-4-2-1-3-5-6;2-1-3;/h1-5,7H;(H,2,3);/q;;+1/p-2. The molecule has 0 spiro atoms. The van der Waals surface area contributed by atoms with E-state index in [-0.39, 0.29) is 0 Å². The van der Waals surface area contributed by atoms with Crippen molar-refractivity contribution >= 4 is 22.9 Å². The summed E-state index contributed by atoms with van der Waals surface area (Å²) >= 11 is 1.09. The third-order valence-corrected chi connectivity index (χ3v) is 1.53. The van der Waals surface area contributed by atoms with Gasteiger partial charge < -0.3 is 10.1 Å². The summed E-state index contributed by atoms with van der Waals surface area (Å²) in [6.07, 6.45) is 0. The van der Waals surface area contributed by atoms with Gasteiger partial charge in [0.25, 0.3) is 0 Å². The van der Waals surface area contributed by atoms with Gasteiger partial charge >= 0.3 is 62.1 Å². The normalized spacial score (nSPS) is 7.36. The van der Waals surface area contributed by atoms with Crippen molar-refractivity contribution in [2.45, 2.75) is 0 Å². The minimum atomic E-state index is 0.950. The van der Waals surface area contributed by atoms with Crippen molar-refractivity contribution in [1.29, 1.82) is 0 Å². The third-order valence-electron chi connectivity index (χ3n) is 0.861. The second-order valence-electron chi connectivity index (χ2n) is 1.49. The van der Waals surface area contributed by atoms with Crippen molar-refractivity contribution in [3.05, 3.63) is 40.4 Å². The van der Waals surface area contributed by atoms with Crippen LogP contribution in [0.5, 0.6) is 5.75 Å². The maximum atomic E-state index is 8.00. The van der Waals surface area contributed by atoms with Gasteiger partial charge in [0, 0.05) is 0 Å². The Bertz CT molecular complexity index is 192. The zero-order valence-electron chi connectivity index (χ0n) is 5.56. The van der Waals surface area contributed by atoms with E-state index in [4.69, 9.17) is 13.2 Å². The first-order chi connectivity index (χ1) is 5.35. The van der Waals surface area contributed by atoms with Gasteiger partial charge in [-0.25, -0.2) is 0 Å². The first-order valence-corrected chi connectivity index (χ1v) is 3.85. The molecule has 0 aromatic heterocycles. The molecule has 0 aliphatic carbocycles. The molecule has 0 fully saturated rings. The summed E-state index contributed by atoms with van der Waals surface area (Å²) in [5, 5.41) is 9.00. The van der Waals surface area contributed by atoms with Crippen LogP contribution in [0.4, 0.5) is 0 Å². The molecule has 0 atom stereocenters. The van der Waals surface area contributed by atoms with Gasteiger partial charge in [-0.3, -0.25) is 0 Å². The van der Waals surface area contributed by atoms with Crippen LogP contribution in [0.2, 0.25) is 0 Å². The van der Waals surface area contributed by atoms with E-state index in [1.54, 1.807) is 0 Å². The molecule has 0 aliphatic rings. The Morgan fingerprint density at radius 1 is 1.36 bits per heavy atom. The van der Waals surface area contributed by atoms with Crippen molar-refractivity contribution in [2.24, 2.45) is 5.34 Å². The maximum absolute atomic E-state index is 8.00. The fraction of sp³-hybridized carbons (Fsp3) is 0. The van der Waals surface area contributed by atoms with Crippen LogP contribution in [-0.2, 0) is 0 Å². The molecule has 0 unspecified atom stereocenters. The summed E-state index contributed by atoms with van der Waals surface area (Å²) in [5.41, 5.74) is 0. The fourth-order valence-corrected chi connectivity index (χ4v) is 0.877.